The van der Waals surface area contributed by atoms with Gasteiger partial charge in [-0.3, -0.25) is 0 Å². The summed E-state index contributed by atoms with van der Waals surface area (Å²) in [7, 11) is 2.11. The molecule has 1 nitrogen and oxygen atoms in total. The molecule has 0 aliphatic carbocycles. The molecular weight excluding hydrogens is 206 g/mol. The van der Waals surface area contributed by atoms with Gasteiger partial charge in [-0.05, 0) is 31.6 Å². The maximum Gasteiger partial charge on any atom is 0.0525 e. The van der Waals surface area contributed by atoms with Gasteiger partial charge in [0.1, 0.15) is 0 Å². The van der Waals surface area contributed by atoms with Crippen LogP contribution in [0.1, 0.15) is 19.4 Å². The van der Waals surface area contributed by atoms with Gasteiger partial charge in [0.2, 0.25) is 0 Å². The minimum Gasteiger partial charge on any atom is -0.369 e. The summed E-state index contributed by atoms with van der Waals surface area (Å²) in [6.07, 6.45) is 4.22. The number of para-hydroxylation sites is 1. The minimum absolute atomic E-state index is 0.905. The fourth-order valence-electron chi connectivity index (χ4n) is 1.99. The second kappa shape index (κ2) is 4.93. The number of hydrogen-bond acceptors (Lipinski definition) is 1. The van der Waals surface area contributed by atoms with Crippen molar-refractivity contribution in [3.8, 4) is 11.8 Å². The largest absolute Gasteiger partial charge is 0.369 e. The van der Waals surface area contributed by atoms with Gasteiger partial charge in [0.25, 0.3) is 0 Å². The number of rotatable bonds is 1. The molecule has 0 bridgehead atoms. The lowest BCUT2D eigenvalue weighted by atomic mass is 10.0. The summed E-state index contributed by atoms with van der Waals surface area (Å²) in [6, 6.07) is 8.30. The molecule has 0 radical (unpaired) electrons. The summed E-state index contributed by atoms with van der Waals surface area (Å²) in [5.41, 5.74) is 4.75. The van der Waals surface area contributed by atoms with Crippen LogP contribution in [0, 0.1) is 11.8 Å². The molecule has 0 aromatic heterocycles. The van der Waals surface area contributed by atoms with Crippen LogP contribution in [-0.4, -0.2) is 13.6 Å². The number of fused-ring (bicyclic) bond motifs is 1. The maximum atomic E-state index is 3.25. The highest BCUT2D eigenvalue weighted by atomic mass is 15.1. The topological polar surface area (TPSA) is 3.24 Å². The molecule has 1 aliphatic rings. The Morgan fingerprint density at radius 2 is 2.00 bits per heavy atom. The monoisotopic (exact) mass is 223 g/mol. The number of anilines is 1. The molecule has 0 atom stereocenters. The van der Waals surface area contributed by atoms with Crippen LogP contribution >= 0.6 is 0 Å². The van der Waals surface area contributed by atoms with E-state index in [0.29, 0.717) is 0 Å². The van der Waals surface area contributed by atoms with Crippen molar-refractivity contribution in [2.75, 3.05) is 18.5 Å². The Morgan fingerprint density at radius 3 is 2.76 bits per heavy atom. The van der Waals surface area contributed by atoms with E-state index in [9.17, 15) is 0 Å². The molecule has 0 amide bonds. The van der Waals surface area contributed by atoms with Gasteiger partial charge in [-0.25, -0.2) is 0 Å². The SMILES string of the molecule is C/C=C\C1=C(/C)C#Cc2ccccc2N(C)C1. The standard InChI is InChI=1S/C16H17N/c1-4-7-15-12-17(3)16-9-6-5-8-14(16)11-10-13(15)2/h4-9H,12H2,1-3H3/b7-4-,15-13-. The third kappa shape index (κ3) is 2.42. The average molecular weight is 223 g/mol. The van der Waals surface area contributed by atoms with Crippen molar-refractivity contribution in [1.82, 2.24) is 0 Å². The highest BCUT2D eigenvalue weighted by Crippen LogP contribution is 2.22. The Morgan fingerprint density at radius 1 is 1.24 bits per heavy atom. The van der Waals surface area contributed by atoms with Crippen LogP contribution in [0.3, 0.4) is 0 Å². The molecule has 0 saturated carbocycles. The first-order valence-electron chi connectivity index (χ1n) is 5.87. The van der Waals surface area contributed by atoms with Crippen LogP contribution in [-0.2, 0) is 0 Å². The van der Waals surface area contributed by atoms with E-state index in [-0.39, 0.29) is 0 Å². The summed E-state index contributed by atoms with van der Waals surface area (Å²) in [6.45, 7) is 5.03. The van der Waals surface area contributed by atoms with E-state index >= 15 is 0 Å². The van der Waals surface area contributed by atoms with Crippen LogP contribution in [0.15, 0.2) is 47.6 Å². The Bertz CT molecular complexity index is 538. The van der Waals surface area contributed by atoms with Crippen molar-refractivity contribution in [3.63, 3.8) is 0 Å². The fourth-order valence-corrected chi connectivity index (χ4v) is 1.99. The van der Waals surface area contributed by atoms with E-state index in [1.165, 1.54) is 11.3 Å². The Hall–Kier alpha value is -1.94. The normalized spacial score (nSPS) is 19.4. The van der Waals surface area contributed by atoms with Gasteiger partial charge in [0.15, 0.2) is 0 Å². The molecule has 0 spiro atoms. The van der Waals surface area contributed by atoms with Crippen LogP contribution in [0.25, 0.3) is 0 Å². The van der Waals surface area contributed by atoms with Gasteiger partial charge in [-0.15, -0.1) is 0 Å². The van der Waals surface area contributed by atoms with E-state index < -0.39 is 0 Å². The molecule has 0 fully saturated rings. The molecular formula is C16H17N. The fraction of sp³-hybridized carbons (Fsp3) is 0.250. The first-order valence-corrected chi connectivity index (χ1v) is 5.87. The van der Waals surface area contributed by atoms with Gasteiger partial charge in [0, 0.05) is 24.7 Å². The van der Waals surface area contributed by atoms with E-state index in [0.717, 1.165) is 17.7 Å². The number of allylic oxidation sites excluding steroid dienone is 2. The second-order valence-electron chi connectivity index (χ2n) is 4.27. The molecule has 86 valence electrons. The van der Waals surface area contributed by atoms with Gasteiger partial charge < -0.3 is 4.90 Å². The van der Waals surface area contributed by atoms with Gasteiger partial charge in [0.05, 0.1) is 5.69 Å². The van der Waals surface area contributed by atoms with Crippen molar-refractivity contribution < 1.29 is 0 Å². The summed E-state index contributed by atoms with van der Waals surface area (Å²) in [5, 5.41) is 0. The highest BCUT2D eigenvalue weighted by Gasteiger charge is 2.09. The predicted molar refractivity (Wildman–Crippen MR) is 74.1 cm³/mol. The lowest BCUT2D eigenvalue weighted by Crippen LogP contribution is -2.22. The molecule has 0 saturated heterocycles. The zero-order valence-electron chi connectivity index (χ0n) is 10.6. The summed E-state index contributed by atoms with van der Waals surface area (Å²) >= 11 is 0. The zero-order chi connectivity index (χ0) is 12.3. The third-order valence-corrected chi connectivity index (χ3v) is 2.96. The lowest BCUT2D eigenvalue weighted by molar-refractivity contribution is 0.989. The quantitative estimate of drug-likeness (QED) is 0.660. The summed E-state index contributed by atoms with van der Waals surface area (Å²) in [4.78, 5) is 2.25. The highest BCUT2D eigenvalue weighted by molar-refractivity contribution is 5.64. The van der Waals surface area contributed by atoms with Crippen molar-refractivity contribution >= 4 is 5.69 Å². The number of likely N-dealkylation sites (N-methyl/N-ethyl adjacent to an activating group) is 1. The van der Waals surface area contributed by atoms with Crippen molar-refractivity contribution in [1.29, 1.82) is 0 Å². The zero-order valence-corrected chi connectivity index (χ0v) is 10.6. The summed E-state index contributed by atoms with van der Waals surface area (Å²) < 4.78 is 0. The first-order chi connectivity index (χ1) is 8.22. The molecule has 1 heterocycles. The van der Waals surface area contributed by atoms with Crippen LogP contribution in [0.4, 0.5) is 5.69 Å². The number of benzene rings is 1. The molecule has 1 aliphatic heterocycles. The van der Waals surface area contributed by atoms with Crippen LogP contribution in [0.2, 0.25) is 0 Å². The number of nitrogens with zero attached hydrogens (tertiary/aromatic N) is 1. The van der Waals surface area contributed by atoms with Crippen molar-refractivity contribution in [2.45, 2.75) is 13.8 Å². The van der Waals surface area contributed by atoms with E-state index in [1.54, 1.807) is 0 Å². The second-order valence-corrected chi connectivity index (χ2v) is 4.27. The predicted octanol–water partition coefficient (Wildman–Crippen LogP) is 3.38. The Kier molecular flexibility index (Phi) is 3.35. The minimum atomic E-state index is 0.905. The molecule has 1 aromatic carbocycles. The maximum absolute atomic E-state index is 3.25. The molecule has 0 unspecified atom stereocenters. The Balaban J connectivity index is 2.53. The van der Waals surface area contributed by atoms with Gasteiger partial charge >= 0.3 is 0 Å². The van der Waals surface area contributed by atoms with Crippen molar-refractivity contribution in [2.24, 2.45) is 0 Å². The van der Waals surface area contributed by atoms with Crippen molar-refractivity contribution in [3.05, 3.63) is 53.1 Å². The molecule has 2 rings (SSSR count). The van der Waals surface area contributed by atoms with Crippen LogP contribution < -0.4 is 4.90 Å². The third-order valence-electron chi connectivity index (χ3n) is 2.96. The molecule has 0 N–H and O–H groups in total. The molecule has 1 aromatic rings. The van der Waals surface area contributed by atoms with Gasteiger partial charge in [-0.1, -0.05) is 36.1 Å². The van der Waals surface area contributed by atoms with E-state index in [1.807, 2.05) is 13.0 Å². The first kappa shape index (κ1) is 11.5. The summed E-state index contributed by atoms with van der Waals surface area (Å²) in [5.74, 6) is 6.50. The van der Waals surface area contributed by atoms with E-state index in [4.69, 9.17) is 0 Å². The van der Waals surface area contributed by atoms with Gasteiger partial charge in [-0.2, -0.15) is 0 Å². The number of hydrogen-bond donors (Lipinski definition) is 0. The molecule has 1 heteroatoms. The smallest absolute Gasteiger partial charge is 0.0525 e. The van der Waals surface area contributed by atoms with E-state index in [2.05, 4.69) is 61.1 Å². The molecule has 17 heavy (non-hydrogen) atoms. The average Bonchev–Trinajstić information content (AvgIpc) is 2.34. The Labute approximate surface area is 103 Å². The van der Waals surface area contributed by atoms with Crippen LogP contribution in [0.5, 0.6) is 0 Å². The lowest BCUT2D eigenvalue weighted by Gasteiger charge is -2.23.